The first-order chi connectivity index (χ1) is 5.75. The lowest BCUT2D eigenvalue weighted by atomic mass is 10.1. The molecule has 0 aromatic heterocycles. The third-order valence-corrected chi connectivity index (χ3v) is 3.25. The maximum Gasteiger partial charge on any atom is 0.116 e. The predicted octanol–water partition coefficient (Wildman–Crippen LogP) is 2.95. The molecule has 1 saturated carbocycles. The van der Waals surface area contributed by atoms with Crippen LogP contribution in [0.25, 0.3) is 0 Å². The molecule has 0 amide bonds. The molecule has 0 bridgehead atoms. The zero-order valence-electron chi connectivity index (χ0n) is 6.76. The number of benzene rings is 1. The summed E-state index contributed by atoms with van der Waals surface area (Å²) in [7, 11) is 0. The number of halogens is 1. The summed E-state index contributed by atoms with van der Waals surface area (Å²) >= 11 is 2.29. The highest BCUT2D eigenvalue weighted by Crippen LogP contribution is 2.34. The second-order valence-corrected chi connectivity index (χ2v) is 4.59. The van der Waals surface area contributed by atoms with Crippen molar-refractivity contribution >= 4 is 22.6 Å². The summed E-state index contributed by atoms with van der Waals surface area (Å²) in [6.45, 7) is 0. The molecule has 1 nitrogen and oxygen atoms in total. The van der Waals surface area contributed by atoms with Crippen molar-refractivity contribution in [2.24, 2.45) is 5.92 Å². The van der Waals surface area contributed by atoms with Crippen LogP contribution in [0.2, 0.25) is 0 Å². The summed E-state index contributed by atoms with van der Waals surface area (Å²) < 4.78 is 1.19. The Balaban J connectivity index is 2.18. The summed E-state index contributed by atoms with van der Waals surface area (Å²) in [6, 6.07) is 5.65. The fourth-order valence-corrected chi connectivity index (χ4v) is 2.05. The topological polar surface area (TPSA) is 20.2 Å². The molecular weight excluding hydrogens is 263 g/mol. The van der Waals surface area contributed by atoms with Gasteiger partial charge in [0.25, 0.3) is 0 Å². The van der Waals surface area contributed by atoms with Crippen LogP contribution in [0, 0.1) is 9.49 Å². The van der Waals surface area contributed by atoms with E-state index in [4.69, 9.17) is 0 Å². The number of phenols is 1. The van der Waals surface area contributed by atoms with Gasteiger partial charge in [-0.15, -0.1) is 0 Å². The SMILES string of the molecule is Oc1ccc(CC2CC2)c(I)c1. The van der Waals surface area contributed by atoms with Crippen molar-refractivity contribution in [2.75, 3.05) is 0 Å². The first-order valence-corrected chi connectivity index (χ1v) is 5.31. The molecule has 1 N–H and O–H groups in total. The van der Waals surface area contributed by atoms with Gasteiger partial charge in [-0.1, -0.05) is 6.07 Å². The standard InChI is InChI=1S/C10H11IO/c11-10-6-9(12)4-3-8(10)5-7-1-2-7/h3-4,6-7,12H,1-2,5H2. The number of aromatic hydroxyl groups is 1. The Labute approximate surface area is 85.9 Å². The van der Waals surface area contributed by atoms with Gasteiger partial charge in [0.05, 0.1) is 0 Å². The van der Waals surface area contributed by atoms with Gasteiger partial charge in [0.15, 0.2) is 0 Å². The van der Waals surface area contributed by atoms with Crippen molar-refractivity contribution in [3.8, 4) is 5.75 Å². The highest BCUT2D eigenvalue weighted by Gasteiger charge is 2.22. The largest absolute Gasteiger partial charge is 0.508 e. The van der Waals surface area contributed by atoms with Crippen LogP contribution < -0.4 is 0 Å². The number of hydrogen-bond acceptors (Lipinski definition) is 1. The Morgan fingerprint density at radius 2 is 2.17 bits per heavy atom. The molecule has 0 heterocycles. The Bertz CT molecular complexity index is 292. The third-order valence-electron chi connectivity index (χ3n) is 2.24. The third kappa shape index (κ3) is 1.91. The van der Waals surface area contributed by atoms with E-state index < -0.39 is 0 Å². The lowest BCUT2D eigenvalue weighted by Crippen LogP contribution is -1.90. The maximum absolute atomic E-state index is 9.18. The summed E-state index contributed by atoms with van der Waals surface area (Å²) in [5, 5.41) is 9.18. The van der Waals surface area contributed by atoms with E-state index in [1.54, 1.807) is 6.07 Å². The van der Waals surface area contributed by atoms with Crippen LogP contribution in [0.1, 0.15) is 18.4 Å². The van der Waals surface area contributed by atoms with Crippen molar-refractivity contribution in [1.82, 2.24) is 0 Å². The van der Waals surface area contributed by atoms with E-state index >= 15 is 0 Å². The van der Waals surface area contributed by atoms with Crippen molar-refractivity contribution in [2.45, 2.75) is 19.3 Å². The Hall–Kier alpha value is -0.250. The van der Waals surface area contributed by atoms with E-state index in [0.29, 0.717) is 5.75 Å². The maximum atomic E-state index is 9.18. The van der Waals surface area contributed by atoms with Crippen LogP contribution in [0.3, 0.4) is 0 Å². The van der Waals surface area contributed by atoms with Gasteiger partial charge in [0, 0.05) is 3.57 Å². The van der Waals surface area contributed by atoms with Gasteiger partial charge >= 0.3 is 0 Å². The summed E-state index contributed by atoms with van der Waals surface area (Å²) in [4.78, 5) is 0. The number of hydrogen-bond donors (Lipinski definition) is 1. The monoisotopic (exact) mass is 274 g/mol. The molecule has 12 heavy (non-hydrogen) atoms. The molecule has 1 aromatic rings. The zero-order chi connectivity index (χ0) is 8.55. The minimum atomic E-state index is 0.374. The van der Waals surface area contributed by atoms with Crippen LogP contribution in [-0.2, 0) is 6.42 Å². The minimum absolute atomic E-state index is 0.374. The Morgan fingerprint density at radius 3 is 2.75 bits per heavy atom. The van der Waals surface area contributed by atoms with E-state index in [1.165, 1.54) is 28.4 Å². The van der Waals surface area contributed by atoms with Gasteiger partial charge < -0.3 is 5.11 Å². The second-order valence-electron chi connectivity index (χ2n) is 3.42. The predicted molar refractivity (Wildman–Crippen MR) is 57.3 cm³/mol. The van der Waals surface area contributed by atoms with Gasteiger partial charge in [-0.2, -0.15) is 0 Å². The molecule has 0 unspecified atom stereocenters. The summed E-state index contributed by atoms with van der Waals surface area (Å²) in [5.74, 6) is 1.29. The van der Waals surface area contributed by atoms with Gasteiger partial charge in [-0.05, 0) is 65.5 Å². The van der Waals surface area contributed by atoms with Crippen LogP contribution in [0.4, 0.5) is 0 Å². The van der Waals surface area contributed by atoms with Crippen molar-refractivity contribution < 1.29 is 5.11 Å². The lowest BCUT2D eigenvalue weighted by molar-refractivity contribution is 0.474. The fourth-order valence-electron chi connectivity index (χ4n) is 1.33. The molecule has 0 radical (unpaired) electrons. The normalized spacial score (nSPS) is 16.4. The van der Waals surface area contributed by atoms with Crippen LogP contribution in [0.5, 0.6) is 5.75 Å². The van der Waals surface area contributed by atoms with Gasteiger partial charge in [0.2, 0.25) is 0 Å². The van der Waals surface area contributed by atoms with Crippen molar-refractivity contribution in [3.05, 3.63) is 27.3 Å². The van der Waals surface area contributed by atoms with E-state index in [1.807, 2.05) is 12.1 Å². The molecule has 64 valence electrons. The highest BCUT2D eigenvalue weighted by molar-refractivity contribution is 14.1. The van der Waals surface area contributed by atoms with E-state index in [2.05, 4.69) is 22.6 Å². The lowest BCUT2D eigenvalue weighted by Gasteiger charge is -2.02. The average Bonchev–Trinajstić information content (AvgIpc) is 2.79. The smallest absolute Gasteiger partial charge is 0.116 e. The summed E-state index contributed by atoms with van der Waals surface area (Å²) in [6.07, 6.45) is 3.96. The Kier molecular flexibility index (Phi) is 2.26. The molecule has 2 rings (SSSR count). The molecule has 1 aliphatic rings. The highest BCUT2D eigenvalue weighted by atomic mass is 127. The first kappa shape index (κ1) is 8.35. The van der Waals surface area contributed by atoms with Gasteiger partial charge in [-0.25, -0.2) is 0 Å². The van der Waals surface area contributed by atoms with Gasteiger partial charge in [0.1, 0.15) is 5.75 Å². The molecule has 0 aliphatic heterocycles. The molecule has 1 aromatic carbocycles. The summed E-state index contributed by atoms with van der Waals surface area (Å²) in [5.41, 5.74) is 1.39. The molecule has 2 heteroatoms. The first-order valence-electron chi connectivity index (χ1n) is 4.23. The molecular formula is C10H11IO. The van der Waals surface area contributed by atoms with E-state index in [-0.39, 0.29) is 0 Å². The van der Waals surface area contributed by atoms with E-state index in [0.717, 1.165) is 5.92 Å². The zero-order valence-corrected chi connectivity index (χ0v) is 8.91. The molecule has 1 aliphatic carbocycles. The number of phenolic OH excluding ortho intramolecular Hbond substituents is 1. The van der Waals surface area contributed by atoms with E-state index in [9.17, 15) is 5.11 Å². The minimum Gasteiger partial charge on any atom is -0.508 e. The average molecular weight is 274 g/mol. The quantitative estimate of drug-likeness (QED) is 0.822. The van der Waals surface area contributed by atoms with Crippen molar-refractivity contribution in [3.63, 3.8) is 0 Å². The molecule has 0 spiro atoms. The Morgan fingerprint density at radius 1 is 1.42 bits per heavy atom. The van der Waals surface area contributed by atoms with Crippen molar-refractivity contribution in [1.29, 1.82) is 0 Å². The molecule has 0 saturated heterocycles. The molecule has 1 fully saturated rings. The second kappa shape index (κ2) is 3.24. The fraction of sp³-hybridized carbons (Fsp3) is 0.400. The molecule has 0 atom stereocenters. The van der Waals surface area contributed by atoms with Crippen LogP contribution in [-0.4, -0.2) is 5.11 Å². The van der Waals surface area contributed by atoms with Crippen LogP contribution in [0.15, 0.2) is 18.2 Å². The van der Waals surface area contributed by atoms with Gasteiger partial charge in [-0.3, -0.25) is 0 Å². The number of rotatable bonds is 2. The van der Waals surface area contributed by atoms with Crippen LogP contribution >= 0.6 is 22.6 Å².